The molecule has 2 aromatic heterocycles. The number of likely N-dealkylation sites (tertiary alicyclic amines) is 1. The van der Waals surface area contributed by atoms with E-state index in [2.05, 4.69) is 11.6 Å². The Hall–Kier alpha value is -3.16. The van der Waals surface area contributed by atoms with Crippen LogP contribution in [0.25, 0.3) is 22.3 Å². The molecule has 1 saturated heterocycles. The smallest absolute Gasteiger partial charge is 0.337 e. The van der Waals surface area contributed by atoms with Crippen LogP contribution in [0.2, 0.25) is 0 Å². The Morgan fingerprint density at radius 1 is 1.21 bits per heavy atom. The number of halogens is 3. The highest BCUT2D eigenvalue weighted by molar-refractivity contribution is 5.90. The third kappa shape index (κ3) is 3.50. The van der Waals surface area contributed by atoms with Crippen molar-refractivity contribution in [3.05, 3.63) is 60.3 Å². The van der Waals surface area contributed by atoms with Gasteiger partial charge in [0.05, 0.1) is 17.1 Å². The lowest BCUT2D eigenvalue weighted by Gasteiger charge is -2.15. The number of aromatic nitrogens is 3. The third-order valence-electron chi connectivity index (χ3n) is 5.17. The molecule has 4 rings (SSSR count). The van der Waals surface area contributed by atoms with E-state index < -0.39 is 11.7 Å². The first kappa shape index (κ1) is 19.2. The number of amides is 1. The standard InChI is InChI=1S/C21H19F3N4O/c1-3-18(29)27-11-10-16(12-27)28-17-9-4-13(2)25-20(17)19(26-28)14-5-7-15(8-6-14)21(22,23)24/h3-9,16H,1,10-12H2,2H3. The number of carbonyl (C=O) groups is 1. The Morgan fingerprint density at radius 3 is 2.59 bits per heavy atom. The van der Waals surface area contributed by atoms with Crippen LogP contribution in [0.15, 0.2) is 49.1 Å². The van der Waals surface area contributed by atoms with Gasteiger partial charge in [0.25, 0.3) is 0 Å². The SMILES string of the molecule is C=CC(=O)N1CCC(n2nc(-c3ccc(C(F)(F)F)cc3)c3nc(C)ccc32)C1. The fourth-order valence-electron chi connectivity index (χ4n) is 3.68. The van der Waals surface area contributed by atoms with Gasteiger partial charge in [-0.15, -0.1) is 0 Å². The Kier molecular flexibility index (Phi) is 4.64. The van der Waals surface area contributed by atoms with E-state index in [-0.39, 0.29) is 11.9 Å². The predicted molar refractivity (Wildman–Crippen MR) is 103 cm³/mol. The van der Waals surface area contributed by atoms with Gasteiger partial charge in [-0.1, -0.05) is 18.7 Å². The van der Waals surface area contributed by atoms with Crippen molar-refractivity contribution in [2.24, 2.45) is 0 Å². The molecule has 29 heavy (non-hydrogen) atoms. The zero-order valence-corrected chi connectivity index (χ0v) is 15.8. The van der Waals surface area contributed by atoms with Crippen LogP contribution in [-0.4, -0.2) is 38.7 Å². The lowest BCUT2D eigenvalue weighted by Crippen LogP contribution is -2.27. The van der Waals surface area contributed by atoms with Crippen LogP contribution < -0.4 is 0 Å². The van der Waals surface area contributed by atoms with E-state index in [4.69, 9.17) is 5.10 Å². The van der Waals surface area contributed by atoms with Crippen LogP contribution in [0, 0.1) is 6.92 Å². The van der Waals surface area contributed by atoms with Gasteiger partial charge in [0.2, 0.25) is 5.91 Å². The number of fused-ring (bicyclic) bond motifs is 1. The van der Waals surface area contributed by atoms with Gasteiger partial charge in [-0.25, -0.2) is 4.98 Å². The second-order valence-corrected chi connectivity index (χ2v) is 7.12. The molecule has 0 aliphatic carbocycles. The molecule has 1 aromatic carbocycles. The first-order chi connectivity index (χ1) is 13.8. The van der Waals surface area contributed by atoms with E-state index >= 15 is 0 Å². The molecule has 3 aromatic rings. The highest BCUT2D eigenvalue weighted by Crippen LogP contribution is 2.34. The predicted octanol–water partition coefficient (Wildman–Crippen LogP) is 4.38. The molecule has 1 fully saturated rings. The monoisotopic (exact) mass is 400 g/mol. The molecule has 0 radical (unpaired) electrons. The van der Waals surface area contributed by atoms with Crippen LogP contribution in [-0.2, 0) is 11.0 Å². The lowest BCUT2D eigenvalue weighted by atomic mass is 10.1. The Labute approximate surface area is 165 Å². The highest BCUT2D eigenvalue weighted by atomic mass is 19.4. The van der Waals surface area contributed by atoms with Crippen molar-refractivity contribution in [2.75, 3.05) is 13.1 Å². The summed E-state index contributed by atoms with van der Waals surface area (Å²) in [5.74, 6) is -0.124. The molecule has 5 nitrogen and oxygen atoms in total. The van der Waals surface area contributed by atoms with Gasteiger partial charge >= 0.3 is 6.18 Å². The molecule has 0 N–H and O–H groups in total. The van der Waals surface area contributed by atoms with Crippen molar-refractivity contribution < 1.29 is 18.0 Å². The number of hydrogen-bond donors (Lipinski definition) is 0. The number of benzene rings is 1. The maximum absolute atomic E-state index is 12.9. The van der Waals surface area contributed by atoms with E-state index in [1.807, 2.05) is 23.7 Å². The molecule has 8 heteroatoms. The second kappa shape index (κ2) is 7.02. The van der Waals surface area contributed by atoms with Crippen molar-refractivity contribution in [3.8, 4) is 11.3 Å². The zero-order valence-electron chi connectivity index (χ0n) is 15.8. The topological polar surface area (TPSA) is 51.0 Å². The third-order valence-corrected chi connectivity index (χ3v) is 5.17. The minimum absolute atomic E-state index is 0.0332. The fraction of sp³-hybridized carbons (Fsp3) is 0.286. The zero-order chi connectivity index (χ0) is 20.8. The number of pyridine rings is 1. The molecule has 1 aliphatic rings. The summed E-state index contributed by atoms with van der Waals surface area (Å²) in [6.07, 6.45) is -2.36. The van der Waals surface area contributed by atoms with E-state index in [9.17, 15) is 18.0 Å². The van der Waals surface area contributed by atoms with Gasteiger partial charge in [0.1, 0.15) is 11.2 Å². The number of aryl methyl sites for hydroxylation is 1. The molecule has 1 unspecified atom stereocenters. The summed E-state index contributed by atoms with van der Waals surface area (Å²) in [4.78, 5) is 18.2. The molecular weight excluding hydrogens is 381 g/mol. The fourth-order valence-corrected chi connectivity index (χ4v) is 3.68. The number of nitrogens with zero attached hydrogens (tertiary/aromatic N) is 4. The maximum atomic E-state index is 12.9. The van der Waals surface area contributed by atoms with Gasteiger partial charge in [-0.05, 0) is 43.7 Å². The van der Waals surface area contributed by atoms with Crippen LogP contribution in [0.5, 0.6) is 0 Å². The Morgan fingerprint density at radius 2 is 1.93 bits per heavy atom. The highest BCUT2D eigenvalue weighted by Gasteiger charge is 2.31. The Bertz CT molecular complexity index is 1090. The molecule has 1 amide bonds. The van der Waals surface area contributed by atoms with Gasteiger partial charge < -0.3 is 4.90 Å². The molecule has 150 valence electrons. The second-order valence-electron chi connectivity index (χ2n) is 7.12. The molecule has 0 spiro atoms. The summed E-state index contributed by atoms with van der Waals surface area (Å²) >= 11 is 0. The minimum Gasteiger partial charge on any atom is -0.337 e. The lowest BCUT2D eigenvalue weighted by molar-refractivity contribution is -0.137. The van der Waals surface area contributed by atoms with Crippen molar-refractivity contribution in [1.29, 1.82) is 0 Å². The molecular formula is C21H19F3N4O. The first-order valence-corrected chi connectivity index (χ1v) is 9.23. The molecule has 0 saturated carbocycles. The van der Waals surface area contributed by atoms with E-state index in [1.54, 1.807) is 4.90 Å². The van der Waals surface area contributed by atoms with Crippen LogP contribution >= 0.6 is 0 Å². The van der Waals surface area contributed by atoms with Crippen molar-refractivity contribution in [2.45, 2.75) is 25.6 Å². The quantitative estimate of drug-likeness (QED) is 0.613. The van der Waals surface area contributed by atoms with Crippen LogP contribution in [0.3, 0.4) is 0 Å². The minimum atomic E-state index is -4.39. The molecule has 3 heterocycles. The Balaban J connectivity index is 1.77. The normalized spacial score (nSPS) is 17.1. The van der Waals surface area contributed by atoms with Crippen LogP contribution in [0.1, 0.15) is 23.7 Å². The summed E-state index contributed by atoms with van der Waals surface area (Å²) in [7, 11) is 0. The summed E-state index contributed by atoms with van der Waals surface area (Å²) in [5, 5.41) is 4.70. The van der Waals surface area contributed by atoms with E-state index in [0.717, 1.165) is 29.8 Å². The van der Waals surface area contributed by atoms with Gasteiger partial charge in [-0.2, -0.15) is 18.3 Å². The summed E-state index contributed by atoms with van der Waals surface area (Å²) < 4.78 is 40.5. The largest absolute Gasteiger partial charge is 0.416 e. The van der Waals surface area contributed by atoms with Gasteiger partial charge in [0.15, 0.2) is 0 Å². The van der Waals surface area contributed by atoms with Crippen molar-refractivity contribution >= 4 is 16.9 Å². The van der Waals surface area contributed by atoms with Crippen molar-refractivity contribution in [3.63, 3.8) is 0 Å². The summed E-state index contributed by atoms with van der Waals surface area (Å²) in [5.41, 5.74) is 2.62. The molecule has 0 bridgehead atoms. The average molecular weight is 400 g/mol. The average Bonchev–Trinajstić information content (AvgIpc) is 3.31. The van der Waals surface area contributed by atoms with Crippen molar-refractivity contribution in [1.82, 2.24) is 19.7 Å². The molecule has 1 atom stereocenters. The van der Waals surface area contributed by atoms with Crippen LogP contribution in [0.4, 0.5) is 13.2 Å². The number of rotatable bonds is 3. The number of hydrogen-bond acceptors (Lipinski definition) is 3. The number of alkyl halides is 3. The van der Waals surface area contributed by atoms with E-state index in [1.165, 1.54) is 18.2 Å². The maximum Gasteiger partial charge on any atom is 0.416 e. The summed E-state index contributed by atoms with van der Waals surface area (Å²) in [6.45, 7) is 6.49. The number of carbonyl (C=O) groups excluding carboxylic acids is 1. The van der Waals surface area contributed by atoms with Gasteiger partial charge in [-0.3, -0.25) is 9.48 Å². The van der Waals surface area contributed by atoms with E-state index in [0.29, 0.717) is 29.9 Å². The summed E-state index contributed by atoms with van der Waals surface area (Å²) in [6, 6.07) is 8.69. The molecule has 1 aliphatic heterocycles. The van der Waals surface area contributed by atoms with Gasteiger partial charge in [0, 0.05) is 24.3 Å². The first-order valence-electron chi connectivity index (χ1n) is 9.23.